The van der Waals surface area contributed by atoms with Crippen molar-refractivity contribution in [2.75, 3.05) is 24.9 Å². The Kier molecular flexibility index (Phi) is 7.18. The molecular formula is C24H25N3O5S2. The Hall–Kier alpha value is -3.37. The number of benzene rings is 2. The zero-order valence-electron chi connectivity index (χ0n) is 18.6. The lowest BCUT2D eigenvalue weighted by molar-refractivity contribution is -0.131. The van der Waals surface area contributed by atoms with Crippen LogP contribution in [-0.4, -0.2) is 45.3 Å². The number of thiophene rings is 1. The van der Waals surface area contributed by atoms with E-state index in [0.29, 0.717) is 24.5 Å². The van der Waals surface area contributed by atoms with Gasteiger partial charge in [-0.25, -0.2) is 8.42 Å². The molecule has 10 heteroatoms. The first-order chi connectivity index (χ1) is 16.4. The van der Waals surface area contributed by atoms with Gasteiger partial charge in [0.2, 0.25) is 5.91 Å². The standard InChI is InChI=1S/C24H25N3O5S2/c1-32-20-7-5-19(6-8-20)26-34(30,31)21-4-2-3-17(15-21)24(29)25-12-9-23(28)27-13-10-22-18(16-27)11-14-33-22/h2-8,11,14-15,26H,9-10,12-13,16H2,1H3,(H,25,29). The number of carbonyl (C=O) groups excluding carboxylic acids is 2. The van der Waals surface area contributed by atoms with E-state index in [1.165, 1.54) is 41.8 Å². The number of amides is 2. The van der Waals surface area contributed by atoms with E-state index in [4.69, 9.17) is 4.74 Å². The number of rotatable bonds is 8. The van der Waals surface area contributed by atoms with Crippen molar-refractivity contribution in [1.29, 1.82) is 0 Å². The minimum atomic E-state index is -3.89. The topological polar surface area (TPSA) is 105 Å². The van der Waals surface area contributed by atoms with E-state index in [1.54, 1.807) is 40.5 Å². The molecule has 0 radical (unpaired) electrons. The molecule has 0 atom stereocenters. The number of ether oxygens (including phenoxy) is 1. The molecule has 0 spiro atoms. The lowest BCUT2D eigenvalue weighted by atomic mass is 10.1. The van der Waals surface area contributed by atoms with E-state index < -0.39 is 15.9 Å². The van der Waals surface area contributed by atoms with Gasteiger partial charge in [0.25, 0.3) is 15.9 Å². The molecule has 2 amide bonds. The maximum Gasteiger partial charge on any atom is 0.261 e. The highest BCUT2D eigenvalue weighted by molar-refractivity contribution is 7.92. The number of carbonyl (C=O) groups is 2. The Balaban J connectivity index is 1.32. The smallest absolute Gasteiger partial charge is 0.261 e. The molecule has 2 aromatic carbocycles. The molecule has 34 heavy (non-hydrogen) atoms. The Morgan fingerprint density at radius 3 is 2.68 bits per heavy atom. The Labute approximate surface area is 202 Å². The van der Waals surface area contributed by atoms with Gasteiger partial charge in [-0.2, -0.15) is 0 Å². The number of fused-ring (bicyclic) bond motifs is 1. The van der Waals surface area contributed by atoms with E-state index in [2.05, 4.69) is 10.0 Å². The lowest BCUT2D eigenvalue weighted by Crippen LogP contribution is -2.37. The number of hydrogen-bond donors (Lipinski definition) is 2. The van der Waals surface area contributed by atoms with Crippen LogP contribution in [0, 0.1) is 0 Å². The van der Waals surface area contributed by atoms with E-state index in [1.807, 2.05) is 11.4 Å². The predicted octanol–water partition coefficient (Wildman–Crippen LogP) is 3.26. The van der Waals surface area contributed by atoms with Crippen molar-refractivity contribution >= 4 is 38.9 Å². The summed E-state index contributed by atoms with van der Waals surface area (Å²) in [6.07, 6.45) is 1.04. The molecule has 8 nitrogen and oxygen atoms in total. The van der Waals surface area contributed by atoms with Crippen LogP contribution in [0.15, 0.2) is 64.9 Å². The van der Waals surface area contributed by atoms with Crippen LogP contribution in [0.4, 0.5) is 5.69 Å². The van der Waals surface area contributed by atoms with Crippen molar-refractivity contribution in [3.05, 3.63) is 76.0 Å². The summed E-state index contributed by atoms with van der Waals surface area (Å²) in [7, 11) is -2.36. The molecule has 1 aliphatic rings. The lowest BCUT2D eigenvalue weighted by Gasteiger charge is -2.27. The van der Waals surface area contributed by atoms with Crippen molar-refractivity contribution in [3.8, 4) is 5.75 Å². The summed E-state index contributed by atoms with van der Waals surface area (Å²) in [4.78, 5) is 28.2. The highest BCUT2D eigenvalue weighted by atomic mass is 32.2. The molecule has 0 unspecified atom stereocenters. The molecule has 3 aromatic rings. The summed E-state index contributed by atoms with van der Waals surface area (Å²) in [5.41, 5.74) is 1.77. The third-order valence-electron chi connectivity index (χ3n) is 5.53. The van der Waals surface area contributed by atoms with Gasteiger partial charge in [-0.3, -0.25) is 14.3 Å². The van der Waals surface area contributed by atoms with Gasteiger partial charge in [0.1, 0.15) is 5.75 Å². The van der Waals surface area contributed by atoms with Crippen molar-refractivity contribution < 1.29 is 22.7 Å². The molecule has 4 rings (SSSR count). The number of anilines is 1. The van der Waals surface area contributed by atoms with Crippen LogP contribution in [0.5, 0.6) is 5.75 Å². The molecule has 0 saturated heterocycles. The van der Waals surface area contributed by atoms with Crippen LogP contribution in [0.25, 0.3) is 0 Å². The zero-order chi connectivity index (χ0) is 24.1. The van der Waals surface area contributed by atoms with Crippen molar-refractivity contribution in [2.45, 2.75) is 24.3 Å². The number of hydrogen-bond acceptors (Lipinski definition) is 6. The summed E-state index contributed by atoms with van der Waals surface area (Å²) >= 11 is 1.72. The average Bonchev–Trinajstić information content (AvgIpc) is 3.32. The molecule has 1 aromatic heterocycles. The zero-order valence-corrected chi connectivity index (χ0v) is 20.2. The summed E-state index contributed by atoms with van der Waals surface area (Å²) in [5.74, 6) is 0.154. The molecule has 0 bridgehead atoms. The first-order valence-corrected chi connectivity index (χ1v) is 13.1. The van der Waals surface area contributed by atoms with Gasteiger partial charge in [-0.1, -0.05) is 6.07 Å². The SMILES string of the molecule is COc1ccc(NS(=O)(=O)c2cccc(C(=O)NCCC(=O)N3CCc4sccc4C3)c2)cc1. The largest absolute Gasteiger partial charge is 0.497 e. The summed E-state index contributed by atoms with van der Waals surface area (Å²) in [5, 5.41) is 4.75. The highest BCUT2D eigenvalue weighted by Gasteiger charge is 2.21. The fraction of sp³-hybridized carbons (Fsp3) is 0.250. The van der Waals surface area contributed by atoms with E-state index >= 15 is 0 Å². The van der Waals surface area contributed by atoms with E-state index in [0.717, 1.165) is 6.42 Å². The quantitative estimate of drug-likeness (QED) is 0.495. The van der Waals surface area contributed by atoms with Gasteiger partial charge in [0, 0.05) is 42.2 Å². The second kappa shape index (κ2) is 10.3. The number of sulfonamides is 1. The first kappa shape index (κ1) is 23.8. The molecule has 2 N–H and O–H groups in total. The molecule has 2 heterocycles. The third-order valence-corrected chi connectivity index (χ3v) is 7.94. The van der Waals surface area contributed by atoms with Crippen molar-refractivity contribution in [2.24, 2.45) is 0 Å². The van der Waals surface area contributed by atoms with Gasteiger partial charge in [-0.15, -0.1) is 11.3 Å². The normalized spacial score (nSPS) is 13.1. The number of methoxy groups -OCH3 is 1. The van der Waals surface area contributed by atoms with Gasteiger partial charge in [0.15, 0.2) is 0 Å². The fourth-order valence-electron chi connectivity index (χ4n) is 3.68. The Bertz CT molecular complexity index is 1290. The maximum atomic E-state index is 12.8. The maximum absolute atomic E-state index is 12.8. The Morgan fingerprint density at radius 1 is 1.12 bits per heavy atom. The molecule has 0 saturated carbocycles. The van der Waals surface area contributed by atoms with Crippen LogP contribution >= 0.6 is 11.3 Å². The van der Waals surface area contributed by atoms with Crippen LogP contribution < -0.4 is 14.8 Å². The van der Waals surface area contributed by atoms with Crippen molar-refractivity contribution in [3.63, 3.8) is 0 Å². The van der Waals surface area contributed by atoms with Crippen LogP contribution in [0.2, 0.25) is 0 Å². The second-order valence-corrected chi connectivity index (χ2v) is 10.5. The van der Waals surface area contributed by atoms with E-state index in [-0.39, 0.29) is 29.3 Å². The van der Waals surface area contributed by atoms with Gasteiger partial charge in [-0.05, 0) is 65.9 Å². The van der Waals surface area contributed by atoms with Gasteiger partial charge < -0.3 is 15.0 Å². The van der Waals surface area contributed by atoms with Crippen molar-refractivity contribution in [1.82, 2.24) is 10.2 Å². The molecule has 0 fully saturated rings. The van der Waals surface area contributed by atoms with Crippen LogP contribution in [-0.2, 0) is 27.8 Å². The third kappa shape index (κ3) is 5.57. The highest BCUT2D eigenvalue weighted by Crippen LogP contribution is 2.24. The average molecular weight is 500 g/mol. The minimum Gasteiger partial charge on any atom is -0.497 e. The monoisotopic (exact) mass is 499 g/mol. The summed E-state index contributed by atoms with van der Waals surface area (Å²) < 4.78 is 33.1. The van der Waals surface area contributed by atoms with Gasteiger partial charge >= 0.3 is 0 Å². The number of nitrogens with zero attached hydrogens (tertiary/aromatic N) is 1. The van der Waals surface area contributed by atoms with E-state index in [9.17, 15) is 18.0 Å². The number of nitrogens with one attached hydrogen (secondary N) is 2. The van der Waals surface area contributed by atoms with Gasteiger partial charge in [0.05, 0.1) is 12.0 Å². The summed E-state index contributed by atoms with van der Waals surface area (Å²) in [6.45, 7) is 1.46. The minimum absolute atomic E-state index is 0.0165. The molecule has 0 aliphatic carbocycles. The Morgan fingerprint density at radius 2 is 1.91 bits per heavy atom. The molecular weight excluding hydrogens is 474 g/mol. The van der Waals surface area contributed by atoms with Crippen LogP contribution in [0.1, 0.15) is 27.2 Å². The second-order valence-electron chi connectivity index (χ2n) is 7.80. The van der Waals surface area contributed by atoms with Crippen LogP contribution in [0.3, 0.4) is 0 Å². The molecule has 1 aliphatic heterocycles. The fourth-order valence-corrected chi connectivity index (χ4v) is 5.68. The first-order valence-electron chi connectivity index (χ1n) is 10.7. The summed E-state index contributed by atoms with van der Waals surface area (Å²) in [6, 6.07) is 14.3. The predicted molar refractivity (Wildman–Crippen MR) is 131 cm³/mol. The molecule has 178 valence electrons.